The number of aliphatic hydroxyl groups excluding tert-OH is 1. The second kappa shape index (κ2) is 13.4. The van der Waals surface area contributed by atoms with Gasteiger partial charge in [-0.15, -0.1) is 0 Å². The van der Waals surface area contributed by atoms with Crippen LogP contribution in [0.2, 0.25) is 0 Å². The molecule has 0 aromatic carbocycles. The van der Waals surface area contributed by atoms with Crippen LogP contribution in [0.3, 0.4) is 0 Å². The van der Waals surface area contributed by atoms with Crippen LogP contribution in [0.4, 0.5) is 0 Å². The first-order valence-electron chi connectivity index (χ1n) is 19.2. The summed E-state index contributed by atoms with van der Waals surface area (Å²) < 4.78 is 12.8. The van der Waals surface area contributed by atoms with Gasteiger partial charge in [0, 0.05) is 29.6 Å². The Morgan fingerprint density at radius 3 is 2.50 bits per heavy atom. The third-order valence-corrected chi connectivity index (χ3v) is 14.0. The highest BCUT2D eigenvalue weighted by Gasteiger charge is 2.85. The second-order valence-electron chi connectivity index (χ2n) is 16.8. The van der Waals surface area contributed by atoms with Gasteiger partial charge in [-0.1, -0.05) is 113 Å². The van der Waals surface area contributed by atoms with Gasteiger partial charge in [-0.25, -0.2) is 0 Å². The highest BCUT2D eigenvalue weighted by Crippen LogP contribution is 2.77. The van der Waals surface area contributed by atoms with Crippen molar-refractivity contribution in [1.29, 1.82) is 0 Å². The van der Waals surface area contributed by atoms with Gasteiger partial charge in [0.05, 0.1) is 24.5 Å². The average Bonchev–Trinajstić information content (AvgIpc) is 3.86. The fraction of sp³-hybridized carbons (Fsp3) is 0.568. The third-order valence-electron chi connectivity index (χ3n) is 14.0. The molecule has 278 valence electrons. The van der Waals surface area contributed by atoms with Crippen LogP contribution in [-0.4, -0.2) is 63.1 Å². The van der Waals surface area contributed by atoms with E-state index >= 15 is 0 Å². The van der Waals surface area contributed by atoms with Gasteiger partial charge in [0.1, 0.15) is 17.8 Å². The SMILES string of the molecule is C=C/C=C\[C@@H]1[C@H]2/C=C\CC(=O)O[C@@]34C[C@@H](C)[C@@]5(O)[C@@H](C=C(CO)C[C@]6(O)C(=O)C(C)=C[C@@H]56)[C@@H]3[C@@]4(C)COC(=O)[C@H]2[C@@H]2[C@H](/C=C/C=C/C=C/CCC)[C@H]12. The van der Waals surface area contributed by atoms with E-state index in [-0.39, 0.29) is 61.4 Å². The van der Waals surface area contributed by atoms with E-state index in [2.05, 4.69) is 43.9 Å². The number of unbranched alkanes of at least 4 members (excludes halogenated alkanes) is 1. The molecule has 0 aromatic heterocycles. The van der Waals surface area contributed by atoms with Gasteiger partial charge in [-0.2, -0.15) is 0 Å². The van der Waals surface area contributed by atoms with Gasteiger partial charge in [0.2, 0.25) is 0 Å². The Kier molecular flexibility index (Phi) is 9.45. The summed E-state index contributed by atoms with van der Waals surface area (Å²) in [4.78, 5) is 41.4. The number of carbonyl (C=O) groups excluding carboxylic acids is 3. The number of allylic oxidation sites excluding steroid dienone is 10. The summed E-state index contributed by atoms with van der Waals surface area (Å²) >= 11 is 0. The molecule has 0 saturated heterocycles. The highest BCUT2D eigenvalue weighted by atomic mass is 16.6. The topological polar surface area (TPSA) is 130 Å². The molecule has 4 saturated carbocycles. The lowest BCUT2D eigenvalue weighted by Crippen LogP contribution is -2.61. The highest BCUT2D eigenvalue weighted by molar-refractivity contribution is 6.04. The van der Waals surface area contributed by atoms with Crippen molar-refractivity contribution in [2.45, 2.75) is 76.6 Å². The van der Waals surface area contributed by atoms with Gasteiger partial charge in [-0.05, 0) is 66.4 Å². The summed E-state index contributed by atoms with van der Waals surface area (Å²) in [5, 5.41) is 35.1. The van der Waals surface area contributed by atoms with Crippen LogP contribution in [0.15, 0.2) is 96.7 Å². The van der Waals surface area contributed by atoms with E-state index in [1.165, 1.54) is 0 Å². The standard InChI is InChI=1S/C44H54O8/c1-6-8-10-11-12-13-14-17-31-35-29(16-9-7-2)30-18-15-19-34(46)52-43-22-27(4)44(50)32(38(43)41(43,5)25-51-40(48)37(30)36(31)35)21-28(24-45)23-42(49)33(44)20-26(3)39(42)47/h7,9-18,20-21,27,29-33,35-38,45,49-50H,2,6,8,19,22-25H2,1,3-5H3/b11-10+,13-12+,16-9-,17-14+,18-15-/t27-,29-,30-,31-,32+,33-,35+,36-,37-,38-,41-,42-,43+,44-/m1/s1. The lowest BCUT2D eigenvalue weighted by molar-refractivity contribution is -0.187. The number of ether oxygens (including phenoxy) is 2. The van der Waals surface area contributed by atoms with Crippen molar-refractivity contribution in [1.82, 2.24) is 0 Å². The molecule has 52 heavy (non-hydrogen) atoms. The van der Waals surface area contributed by atoms with Crippen LogP contribution in [0, 0.1) is 64.6 Å². The molecule has 8 nitrogen and oxygen atoms in total. The Balaban J connectivity index is 1.21. The molecule has 0 bridgehead atoms. The molecule has 0 radical (unpaired) electrons. The van der Waals surface area contributed by atoms with Crippen LogP contribution in [0.1, 0.15) is 59.8 Å². The summed E-state index contributed by atoms with van der Waals surface area (Å²) in [7, 11) is 0. The van der Waals surface area contributed by atoms with Gasteiger partial charge < -0.3 is 24.8 Å². The maximum absolute atomic E-state index is 14.4. The molecule has 1 heterocycles. The van der Waals surface area contributed by atoms with Crippen molar-refractivity contribution >= 4 is 17.7 Å². The molecule has 3 N–H and O–H groups in total. The lowest BCUT2D eigenvalue weighted by atomic mass is 9.60. The van der Waals surface area contributed by atoms with E-state index in [9.17, 15) is 29.7 Å². The Labute approximate surface area is 307 Å². The lowest BCUT2D eigenvalue weighted by Gasteiger charge is -2.50. The van der Waals surface area contributed by atoms with Crippen molar-refractivity contribution in [2.24, 2.45) is 64.6 Å². The smallest absolute Gasteiger partial charge is 0.310 e. The molecule has 4 fully saturated rings. The van der Waals surface area contributed by atoms with E-state index in [0.29, 0.717) is 11.1 Å². The van der Waals surface area contributed by atoms with Crippen molar-refractivity contribution in [3.63, 3.8) is 0 Å². The Morgan fingerprint density at radius 2 is 1.77 bits per heavy atom. The van der Waals surface area contributed by atoms with Crippen LogP contribution >= 0.6 is 0 Å². The van der Waals surface area contributed by atoms with E-state index in [4.69, 9.17) is 9.47 Å². The van der Waals surface area contributed by atoms with Crippen LogP contribution in [-0.2, 0) is 23.9 Å². The Morgan fingerprint density at radius 1 is 1.02 bits per heavy atom. The van der Waals surface area contributed by atoms with Crippen LogP contribution in [0.25, 0.3) is 0 Å². The first-order chi connectivity index (χ1) is 24.8. The molecular formula is C44H54O8. The fourth-order valence-electron chi connectivity index (χ4n) is 11.6. The Hall–Kier alpha value is -3.59. The van der Waals surface area contributed by atoms with Crippen molar-refractivity contribution < 1.29 is 39.2 Å². The maximum Gasteiger partial charge on any atom is 0.310 e. The molecule has 1 spiro atoms. The van der Waals surface area contributed by atoms with Gasteiger partial charge in [0.15, 0.2) is 5.78 Å². The van der Waals surface area contributed by atoms with Gasteiger partial charge in [0.25, 0.3) is 0 Å². The van der Waals surface area contributed by atoms with Crippen LogP contribution in [0.5, 0.6) is 0 Å². The summed E-state index contributed by atoms with van der Waals surface area (Å²) in [6.07, 6.45) is 28.0. The number of hydrogen-bond acceptors (Lipinski definition) is 8. The number of Topliss-reactive ketones (excluding diaryl/α,β-unsaturated/α-hetero) is 1. The zero-order valence-corrected chi connectivity index (χ0v) is 30.8. The molecule has 0 aromatic rings. The number of ketones is 1. The molecule has 0 amide bonds. The first-order valence-corrected chi connectivity index (χ1v) is 19.2. The summed E-state index contributed by atoms with van der Waals surface area (Å²) in [5.74, 6) is -3.66. The van der Waals surface area contributed by atoms with Crippen molar-refractivity contribution in [3.05, 3.63) is 96.7 Å². The largest absolute Gasteiger partial charge is 0.465 e. The van der Waals surface area contributed by atoms with Crippen LogP contribution < -0.4 is 0 Å². The van der Waals surface area contributed by atoms with E-state index in [1.54, 1.807) is 25.2 Å². The average molecular weight is 711 g/mol. The number of cyclic esters (lactones) is 1. The monoisotopic (exact) mass is 710 g/mol. The Bertz CT molecular complexity index is 1730. The molecule has 7 rings (SSSR count). The van der Waals surface area contributed by atoms with E-state index in [1.807, 2.05) is 44.2 Å². The quantitative estimate of drug-likeness (QED) is 0.161. The van der Waals surface area contributed by atoms with Gasteiger partial charge >= 0.3 is 11.9 Å². The number of fused-ring (bicyclic) bond motifs is 8. The van der Waals surface area contributed by atoms with E-state index < -0.39 is 70.2 Å². The number of carbonyl (C=O) groups is 3. The zero-order chi connectivity index (χ0) is 37.2. The predicted molar refractivity (Wildman–Crippen MR) is 197 cm³/mol. The first kappa shape index (κ1) is 36.8. The van der Waals surface area contributed by atoms with Crippen molar-refractivity contribution in [3.8, 4) is 0 Å². The molecule has 8 heteroatoms. The summed E-state index contributed by atoms with van der Waals surface area (Å²) in [5.41, 5.74) is -4.56. The second-order valence-corrected chi connectivity index (χ2v) is 16.8. The summed E-state index contributed by atoms with van der Waals surface area (Å²) in [6, 6.07) is 0. The van der Waals surface area contributed by atoms with Gasteiger partial charge in [-0.3, -0.25) is 14.4 Å². The number of rotatable bonds is 8. The fourth-order valence-corrected chi connectivity index (χ4v) is 11.6. The minimum absolute atomic E-state index is 0.0149. The number of hydrogen-bond donors (Lipinski definition) is 3. The molecule has 6 aliphatic carbocycles. The molecule has 7 aliphatic rings. The third kappa shape index (κ3) is 5.38. The maximum atomic E-state index is 14.4. The van der Waals surface area contributed by atoms with E-state index in [0.717, 1.165) is 12.8 Å². The molecule has 0 unspecified atom stereocenters. The number of esters is 2. The number of aliphatic hydroxyl groups is 3. The molecule has 14 atom stereocenters. The van der Waals surface area contributed by atoms with Crippen molar-refractivity contribution in [2.75, 3.05) is 13.2 Å². The molecular weight excluding hydrogens is 656 g/mol. The normalized spacial score (nSPS) is 47.2. The minimum Gasteiger partial charge on any atom is -0.465 e. The predicted octanol–water partition coefficient (Wildman–Crippen LogP) is 5.93. The minimum atomic E-state index is -1.89. The molecule has 1 aliphatic heterocycles. The zero-order valence-electron chi connectivity index (χ0n) is 30.8. The summed E-state index contributed by atoms with van der Waals surface area (Å²) in [6.45, 7) is 11.1.